The Balaban J connectivity index is 1.38. The van der Waals surface area contributed by atoms with Crippen LogP contribution in [0.4, 0.5) is 13.2 Å². The number of fused-ring (bicyclic) bond motifs is 1. The smallest absolute Gasteiger partial charge is 0.390 e. The van der Waals surface area contributed by atoms with Crippen molar-refractivity contribution in [1.29, 1.82) is 0 Å². The summed E-state index contributed by atoms with van der Waals surface area (Å²) in [7, 11) is 0. The molecule has 0 aromatic rings. The van der Waals surface area contributed by atoms with E-state index in [-0.39, 0.29) is 41.6 Å². The summed E-state index contributed by atoms with van der Waals surface area (Å²) in [4.78, 5) is 28.4. The van der Waals surface area contributed by atoms with Gasteiger partial charge in [-0.05, 0) is 25.3 Å². The third kappa shape index (κ3) is 6.38. The molecule has 1 aliphatic carbocycles. The van der Waals surface area contributed by atoms with E-state index in [1.807, 2.05) is 18.2 Å². The minimum atomic E-state index is -4.48. The summed E-state index contributed by atoms with van der Waals surface area (Å²) in [6.45, 7) is 1.10. The van der Waals surface area contributed by atoms with Gasteiger partial charge in [-0.1, -0.05) is 29.8 Å². The Bertz CT molecular complexity index is 892. The highest BCUT2D eigenvalue weighted by molar-refractivity contribution is 6.30. The monoisotopic (exact) mass is 471 g/mol. The van der Waals surface area contributed by atoms with Gasteiger partial charge in [0.25, 0.3) is 0 Å². The van der Waals surface area contributed by atoms with Crippen molar-refractivity contribution in [2.45, 2.75) is 31.9 Å². The molecular weight excluding hydrogens is 447 g/mol. The lowest BCUT2D eigenvalue weighted by Gasteiger charge is -2.28. The normalized spacial score (nSPS) is 24.2. The minimum absolute atomic E-state index is 0.0828. The maximum Gasteiger partial charge on any atom is 0.417 e. The molecule has 2 heterocycles. The number of nitrogens with zero attached hydrogens (tertiary/aromatic N) is 1. The molecule has 174 valence electrons. The molecule has 3 rings (SSSR count). The first-order valence-electron chi connectivity index (χ1n) is 10.4. The van der Waals surface area contributed by atoms with Crippen molar-refractivity contribution in [3.8, 4) is 0 Å². The highest BCUT2D eigenvalue weighted by atomic mass is 35.5. The number of rotatable bonds is 7. The molecule has 0 saturated carbocycles. The van der Waals surface area contributed by atoms with Gasteiger partial charge in [-0.15, -0.1) is 0 Å². The Hall–Kier alpha value is -2.75. The molecule has 3 aliphatic rings. The molecule has 2 unspecified atom stereocenters. The van der Waals surface area contributed by atoms with Crippen LogP contribution in [-0.4, -0.2) is 43.5 Å². The van der Waals surface area contributed by atoms with Crippen LogP contribution in [0.5, 0.6) is 0 Å². The average molecular weight is 472 g/mol. The van der Waals surface area contributed by atoms with Gasteiger partial charge in [0.2, 0.25) is 11.8 Å². The second-order valence-electron chi connectivity index (χ2n) is 7.66. The van der Waals surface area contributed by atoms with Crippen molar-refractivity contribution in [3.05, 3.63) is 46.7 Å². The van der Waals surface area contributed by atoms with Crippen LogP contribution < -0.4 is 21.5 Å². The quantitative estimate of drug-likeness (QED) is 0.429. The molecule has 7 nitrogen and oxygen atoms in total. The van der Waals surface area contributed by atoms with Crippen molar-refractivity contribution >= 4 is 29.3 Å². The van der Waals surface area contributed by atoms with Gasteiger partial charge in [-0.2, -0.15) is 13.2 Å². The summed E-state index contributed by atoms with van der Waals surface area (Å²) in [6.07, 6.45) is 4.76. The number of hydrogen-bond donors (Lipinski definition) is 4. The van der Waals surface area contributed by atoms with Gasteiger partial charge >= 0.3 is 6.18 Å². The molecule has 0 radical (unpaired) electrons. The number of hydrazine groups is 1. The van der Waals surface area contributed by atoms with Gasteiger partial charge in [-0.3, -0.25) is 25.4 Å². The third-order valence-electron chi connectivity index (χ3n) is 5.33. The Morgan fingerprint density at radius 3 is 2.91 bits per heavy atom. The largest absolute Gasteiger partial charge is 0.417 e. The highest BCUT2D eigenvalue weighted by Crippen LogP contribution is 2.32. The molecule has 1 fully saturated rings. The van der Waals surface area contributed by atoms with Crippen molar-refractivity contribution in [3.63, 3.8) is 0 Å². The molecule has 2 aliphatic heterocycles. The zero-order chi connectivity index (χ0) is 23.1. The van der Waals surface area contributed by atoms with E-state index in [1.165, 1.54) is 0 Å². The van der Waals surface area contributed by atoms with Crippen molar-refractivity contribution in [2.24, 2.45) is 16.8 Å². The molecule has 2 atom stereocenters. The first kappa shape index (κ1) is 23.9. The summed E-state index contributed by atoms with van der Waals surface area (Å²) in [6, 6.07) is 0. The van der Waals surface area contributed by atoms with E-state index in [1.54, 1.807) is 0 Å². The molecule has 0 spiro atoms. The summed E-state index contributed by atoms with van der Waals surface area (Å²) < 4.78 is 38.5. The number of amides is 2. The lowest BCUT2D eigenvalue weighted by molar-refractivity contribution is -0.125. The number of hydrogen-bond acceptors (Lipinski definition) is 4. The van der Waals surface area contributed by atoms with E-state index in [9.17, 15) is 22.8 Å². The fourth-order valence-corrected chi connectivity index (χ4v) is 3.85. The molecule has 11 heteroatoms. The first-order valence-corrected chi connectivity index (χ1v) is 10.8. The standard InChI is InChI=1S/C21H25ClF3N5O2/c22-17-10-14(21(23,24)25)12-26-11-13(17)6-7-18(31)27-8-3-9-28-19-15-4-1-2-5-16(15)20(32)30-29-19/h1-2,4,10,12-13,16,26H,3,5-9,11H2,(H,27,31)(H,28,29)(H,30,32). The second kappa shape index (κ2) is 10.7. The van der Waals surface area contributed by atoms with E-state index in [4.69, 9.17) is 11.6 Å². The predicted octanol–water partition coefficient (Wildman–Crippen LogP) is 2.60. The molecule has 4 N–H and O–H groups in total. The molecule has 0 bridgehead atoms. The van der Waals surface area contributed by atoms with Gasteiger partial charge in [0.05, 0.1) is 11.5 Å². The molecular formula is C21H25ClF3N5O2. The number of amidine groups is 1. The number of carbonyl (C=O) groups is 2. The Labute approximate surface area is 188 Å². The first-order chi connectivity index (χ1) is 15.3. The lowest BCUT2D eigenvalue weighted by Crippen LogP contribution is -2.52. The number of carbonyl (C=O) groups excluding carboxylic acids is 2. The minimum Gasteiger partial charge on any atom is -0.390 e. The van der Waals surface area contributed by atoms with Crippen LogP contribution in [0.1, 0.15) is 25.7 Å². The van der Waals surface area contributed by atoms with Crippen molar-refractivity contribution < 1.29 is 22.8 Å². The zero-order valence-corrected chi connectivity index (χ0v) is 18.0. The van der Waals surface area contributed by atoms with E-state index in [0.717, 1.165) is 17.8 Å². The van der Waals surface area contributed by atoms with Crippen LogP contribution in [0.25, 0.3) is 0 Å². The van der Waals surface area contributed by atoms with E-state index in [2.05, 4.69) is 26.5 Å². The Morgan fingerprint density at radius 2 is 2.12 bits per heavy atom. The molecule has 0 aromatic heterocycles. The topological polar surface area (TPSA) is 94.6 Å². The maximum atomic E-state index is 12.8. The molecule has 1 saturated heterocycles. The fraction of sp³-hybridized carbons (Fsp3) is 0.476. The van der Waals surface area contributed by atoms with E-state index in [0.29, 0.717) is 38.2 Å². The number of halogens is 4. The van der Waals surface area contributed by atoms with Crippen molar-refractivity contribution in [1.82, 2.24) is 21.5 Å². The van der Waals surface area contributed by atoms with Gasteiger partial charge < -0.3 is 10.6 Å². The van der Waals surface area contributed by atoms with Crippen LogP contribution in [0, 0.1) is 11.8 Å². The summed E-state index contributed by atoms with van der Waals surface area (Å²) in [5, 5.41) is 5.49. The molecule has 2 amide bonds. The van der Waals surface area contributed by atoms with E-state index < -0.39 is 11.7 Å². The Morgan fingerprint density at radius 1 is 1.31 bits per heavy atom. The van der Waals surface area contributed by atoms with Crippen LogP contribution in [0.2, 0.25) is 0 Å². The summed E-state index contributed by atoms with van der Waals surface area (Å²) in [5.41, 5.74) is 5.43. The summed E-state index contributed by atoms with van der Waals surface area (Å²) >= 11 is 6.04. The average Bonchev–Trinajstić information content (AvgIpc) is 2.95. The zero-order valence-electron chi connectivity index (χ0n) is 17.3. The number of nitrogens with one attached hydrogen (secondary N) is 4. The van der Waals surface area contributed by atoms with E-state index >= 15 is 0 Å². The predicted molar refractivity (Wildman–Crippen MR) is 115 cm³/mol. The highest BCUT2D eigenvalue weighted by Gasteiger charge is 2.34. The molecule has 32 heavy (non-hydrogen) atoms. The molecule has 0 aromatic carbocycles. The lowest BCUT2D eigenvalue weighted by atomic mass is 9.89. The third-order valence-corrected chi connectivity index (χ3v) is 5.75. The van der Waals surface area contributed by atoms with Crippen LogP contribution in [0.15, 0.2) is 51.7 Å². The fourth-order valence-electron chi connectivity index (χ4n) is 3.54. The second-order valence-corrected chi connectivity index (χ2v) is 8.09. The van der Waals surface area contributed by atoms with Crippen LogP contribution in [-0.2, 0) is 9.59 Å². The van der Waals surface area contributed by atoms with Crippen molar-refractivity contribution in [2.75, 3.05) is 19.6 Å². The van der Waals surface area contributed by atoms with Crippen LogP contribution in [0.3, 0.4) is 0 Å². The van der Waals surface area contributed by atoms with Gasteiger partial charge in [0.15, 0.2) is 0 Å². The van der Waals surface area contributed by atoms with Gasteiger partial charge in [0.1, 0.15) is 5.84 Å². The number of allylic oxidation sites excluding steroid dienone is 5. The summed E-state index contributed by atoms with van der Waals surface area (Å²) in [5.74, 6) is -0.265. The number of alkyl halides is 3. The SMILES string of the molecule is O=C(CCC1CNC=C(C(F)(F)F)C=C1Cl)NCCCN=C1NNC(=O)C2CC=CC=C12. The van der Waals surface area contributed by atoms with Crippen LogP contribution >= 0.6 is 11.6 Å². The van der Waals surface area contributed by atoms with Gasteiger partial charge in [-0.25, -0.2) is 0 Å². The Kier molecular flexibility index (Phi) is 8.00. The van der Waals surface area contributed by atoms with Gasteiger partial charge in [0, 0.05) is 48.8 Å². The number of aliphatic imine (C=N–C) groups is 1. The maximum absolute atomic E-state index is 12.8.